The molecule has 0 bridgehead atoms. The van der Waals surface area contributed by atoms with Crippen LogP contribution in [0.2, 0.25) is 0 Å². The van der Waals surface area contributed by atoms with Crippen LogP contribution in [0.25, 0.3) is 0 Å². The van der Waals surface area contributed by atoms with E-state index in [4.69, 9.17) is 14.6 Å². The first-order chi connectivity index (χ1) is 4.66. The van der Waals surface area contributed by atoms with Crippen molar-refractivity contribution in [2.45, 2.75) is 20.3 Å². The minimum absolute atomic E-state index is 0.125. The Labute approximate surface area is 58.9 Å². The highest BCUT2D eigenvalue weighted by molar-refractivity contribution is 5.43. The van der Waals surface area contributed by atoms with E-state index in [9.17, 15) is 0 Å². The highest BCUT2D eigenvalue weighted by atomic mass is 16.4. The van der Waals surface area contributed by atoms with Crippen molar-refractivity contribution in [3.05, 3.63) is 11.5 Å². The zero-order valence-electron chi connectivity index (χ0n) is 6.01. The molecule has 0 saturated heterocycles. The first kappa shape index (κ1) is 6.99. The molecule has 1 rings (SSSR count). The van der Waals surface area contributed by atoms with Crippen molar-refractivity contribution in [1.29, 1.82) is 0 Å². The van der Waals surface area contributed by atoms with Gasteiger partial charge in [-0.25, -0.2) is 0 Å². The fourth-order valence-corrected chi connectivity index (χ4v) is 0.820. The largest absolute Gasteiger partial charge is 0.502 e. The first-order valence-electron chi connectivity index (χ1n) is 3.17. The third-order valence-electron chi connectivity index (χ3n) is 1.42. The molecule has 0 aliphatic rings. The van der Waals surface area contributed by atoms with Gasteiger partial charge in [-0.3, -0.25) is 0 Å². The molecule has 2 N–H and O–H groups in total. The van der Waals surface area contributed by atoms with Crippen LogP contribution in [-0.2, 0) is 6.42 Å². The van der Waals surface area contributed by atoms with Gasteiger partial charge in [0.25, 0.3) is 0 Å². The Morgan fingerprint density at radius 1 is 1.30 bits per heavy atom. The van der Waals surface area contributed by atoms with Crippen molar-refractivity contribution in [2.75, 3.05) is 0 Å². The number of aryl methyl sites for hydroxylation is 2. The topological polar surface area (TPSA) is 53.6 Å². The molecule has 0 aliphatic carbocycles. The summed E-state index contributed by atoms with van der Waals surface area (Å²) < 4.78 is 4.99. The van der Waals surface area contributed by atoms with Crippen LogP contribution in [0.15, 0.2) is 4.42 Å². The maximum Gasteiger partial charge on any atom is 0.200 e. The van der Waals surface area contributed by atoms with Gasteiger partial charge in [0.2, 0.25) is 0 Å². The van der Waals surface area contributed by atoms with Crippen LogP contribution >= 0.6 is 0 Å². The molecular weight excluding hydrogens is 132 g/mol. The zero-order valence-corrected chi connectivity index (χ0v) is 6.01. The molecule has 1 heterocycles. The summed E-state index contributed by atoms with van der Waals surface area (Å²) in [6, 6.07) is 0. The summed E-state index contributed by atoms with van der Waals surface area (Å²) in [6.07, 6.45) is 0.591. The molecule has 0 fully saturated rings. The molecule has 0 aliphatic heterocycles. The third kappa shape index (κ3) is 0.835. The molecule has 0 amide bonds. The van der Waals surface area contributed by atoms with E-state index in [2.05, 4.69) is 0 Å². The SMILES string of the molecule is CCc1oc(C)c(O)c1O. The summed E-state index contributed by atoms with van der Waals surface area (Å²) in [5.41, 5.74) is 0. The number of furan rings is 1. The van der Waals surface area contributed by atoms with E-state index in [0.29, 0.717) is 17.9 Å². The number of hydrogen-bond donors (Lipinski definition) is 2. The van der Waals surface area contributed by atoms with Crippen LogP contribution in [0.5, 0.6) is 11.5 Å². The van der Waals surface area contributed by atoms with Crippen LogP contribution in [0.4, 0.5) is 0 Å². The van der Waals surface area contributed by atoms with Gasteiger partial charge in [0, 0.05) is 6.42 Å². The zero-order chi connectivity index (χ0) is 7.72. The molecule has 0 aromatic carbocycles. The molecule has 56 valence electrons. The van der Waals surface area contributed by atoms with E-state index in [-0.39, 0.29) is 11.5 Å². The van der Waals surface area contributed by atoms with Crippen molar-refractivity contribution in [1.82, 2.24) is 0 Å². The number of hydrogen-bond acceptors (Lipinski definition) is 3. The molecule has 0 saturated carbocycles. The molecule has 0 unspecified atom stereocenters. The average Bonchev–Trinajstić information content (AvgIpc) is 2.17. The van der Waals surface area contributed by atoms with Crippen molar-refractivity contribution < 1.29 is 14.6 Å². The molecule has 1 aromatic rings. The van der Waals surface area contributed by atoms with E-state index in [1.165, 1.54) is 0 Å². The predicted octanol–water partition coefficient (Wildman–Crippen LogP) is 1.56. The summed E-state index contributed by atoms with van der Waals surface area (Å²) in [5.74, 6) is 0.543. The summed E-state index contributed by atoms with van der Waals surface area (Å²) in [5, 5.41) is 18.1. The highest BCUT2D eigenvalue weighted by Gasteiger charge is 2.13. The Kier molecular flexibility index (Phi) is 1.57. The van der Waals surface area contributed by atoms with E-state index in [1.807, 2.05) is 6.92 Å². The van der Waals surface area contributed by atoms with Gasteiger partial charge in [-0.15, -0.1) is 0 Å². The van der Waals surface area contributed by atoms with Gasteiger partial charge in [0.1, 0.15) is 11.5 Å². The lowest BCUT2D eigenvalue weighted by atomic mass is 10.3. The van der Waals surface area contributed by atoms with Gasteiger partial charge in [0.15, 0.2) is 11.5 Å². The fraction of sp³-hybridized carbons (Fsp3) is 0.429. The number of rotatable bonds is 1. The fourth-order valence-electron chi connectivity index (χ4n) is 0.820. The molecular formula is C7H10O3. The minimum atomic E-state index is -0.142. The van der Waals surface area contributed by atoms with Crippen molar-refractivity contribution >= 4 is 0 Å². The van der Waals surface area contributed by atoms with Crippen LogP contribution in [0, 0.1) is 6.92 Å². The summed E-state index contributed by atoms with van der Waals surface area (Å²) in [6.45, 7) is 3.45. The quantitative estimate of drug-likeness (QED) is 0.625. The van der Waals surface area contributed by atoms with Crippen molar-refractivity contribution in [3.8, 4) is 11.5 Å². The lowest BCUT2D eigenvalue weighted by molar-refractivity contribution is 0.402. The van der Waals surface area contributed by atoms with Gasteiger partial charge in [-0.1, -0.05) is 6.92 Å². The monoisotopic (exact) mass is 142 g/mol. The molecule has 0 spiro atoms. The molecule has 3 nitrogen and oxygen atoms in total. The van der Waals surface area contributed by atoms with Gasteiger partial charge >= 0.3 is 0 Å². The normalized spacial score (nSPS) is 10.2. The van der Waals surface area contributed by atoms with E-state index in [0.717, 1.165) is 0 Å². The standard InChI is InChI=1S/C7H10O3/c1-3-5-7(9)6(8)4(2)10-5/h8-9H,3H2,1-2H3. The Morgan fingerprint density at radius 3 is 2.10 bits per heavy atom. The van der Waals surface area contributed by atoms with Crippen LogP contribution in [-0.4, -0.2) is 10.2 Å². The summed E-state index contributed by atoms with van der Waals surface area (Å²) in [4.78, 5) is 0. The third-order valence-corrected chi connectivity index (χ3v) is 1.42. The Balaban J connectivity index is 3.17. The Bertz CT molecular complexity index is 237. The second kappa shape index (κ2) is 2.25. The second-order valence-electron chi connectivity index (χ2n) is 2.13. The first-order valence-corrected chi connectivity index (χ1v) is 3.17. The molecule has 0 atom stereocenters. The highest BCUT2D eigenvalue weighted by Crippen LogP contribution is 2.34. The van der Waals surface area contributed by atoms with Gasteiger partial charge in [0.05, 0.1) is 0 Å². The Morgan fingerprint density at radius 2 is 1.90 bits per heavy atom. The maximum atomic E-state index is 9.07. The van der Waals surface area contributed by atoms with Gasteiger partial charge in [-0.05, 0) is 6.92 Å². The molecule has 10 heavy (non-hydrogen) atoms. The predicted molar refractivity (Wildman–Crippen MR) is 36.2 cm³/mol. The summed E-state index contributed by atoms with van der Waals surface area (Å²) in [7, 11) is 0. The lowest BCUT2D eigenvalue weighted by Crippen LogP contribution is -1.71. The Hall–Kier alpha value is -1.12. The van der Waals surface area contributed by atoms with Gasteiger partial charge < -0.3 is 14.6 Å². The van der Waals surface area contributed by atoms with Crippen LogP contribution < -0.4 is 0 Å². The lowest BCUT2D eigenvalue weighted by Gasteiger charge is -1.87. The van der Waals surface area contributed by atoms with Crippen LogP contribution in [0.1, 0.15) is 18.4 Å². The van der Waals surface area contributed by atoms with E-state index in [1.54, 1.807) is 6.92 Å². The van der Waals surface area contributed by atoms with Gasteiger partial charge in [-0.2, -0.15) is 0 Å². The molecule has 0 radical (unpaired) electrons. The van der Waals surface area contributed by atoms with Crippen LogP contribution in [0.3, 0.4) is 0 Å². The number of aromatic hydroxyl groups is 2. The minimum Gasteiger partial charge on any atom is -0.502 e. The molecule has 3 heteroatoms. The van der Waals surface area contributed by atoms with Crippen molar-refractivity contribution in [2.24, 2.45) is 0 Å². The average molecular weight is 142 g/mol. The molecule has 1 aromatic heterocycles. The maximum absolute atomic E-state index is 9.07. The van der Waals surface area contributed by atoms with E-state index < -0.39 is 0 Å². The smallest absolute Gasteiger partial charge is 0.200 e. The van der Waals surface area contributed by atoms with E-state index >= 15 is 0 Å². The van der Waals surface area contributed by atoms with Crippen molar-refractivity contribution in [3.63, 3.8) is 0 Å². The second-order valence-corrected chi connectivity index (χ2v) is 2.13. The summed E-state index contributed by atoms with van der Waals surface area (Å²) >= 11 is 0.